The lowest BCUT2D eigenvalue weighted by molar-refractivity contribution is 0.0610. The van der Waals surface area contributed by atoms with Crippen LogP contribution in [0.15, 0.2) is 28.2 Å². The van der Waals surface area contributed by atoms with Crippen LogP contribution in [0.2, 0.25) is 0 Å². The third kappa shape index (κ3) is 3.15. The lowest BCUT2D eigenvalue weighted by atomic mass is 10.3. The van der Waals surface area contributed by atoms with Crippen molar-refractivity contribution in [1.82, 2.24) is 14.8 Å². The summed E-state index contributed by atoms with van der Waals surface area (Å²) in [5, 5.41) is 11.4. The molecule has 1 amide bonds. The summed E-state index contributed by atoms with van der Waals surface area (Å²) >= 11 is 1.41. The van der Waals surface area contributed by atoms with Crippen LogP contribution in [0.1, 0.15) is 10.5 Å². The number of aliphatic hydroxyl groups excluding tert-OH is 1. The van der Waals surface area contributed by atoms with Gasteiger partial charge in [-0.1, -0.05) is 0 Å². The fraction of sp³-hybridized carbons (Fsp3) is 0.429. The van der Waals surface area contributed by atoms with Crippen molar-refractivity contribution in [2.24, 2.45) is 0 Å². The molecule has 21 heavy (non-hydrogen) atoms. The fourth-order valence-corrected chi connectivity index (χ4v) is 3.12. The van der Waals surface area contributed by atoms with Gasteiger partial charge in [-0.05, 0) is 12.1 Å². The highest BCUT2D eigenvalue weighted by Gasteiger charge is 2.23. The van der Waals surface area contributed by atoms with Gasteiger partial charge in [-0.3, -0.25) is 9.69 Å². The summed E-state index contributed by atoms with van der Waals surface area (Å²) in [5.41, 5.74) is 0.474. The molecule has 3 rings (SSSR count). The van der Waals surface area contributed by atoms with Crippen molar-refractivity contribution in [2.45, 2.75) is 0 Å². The number of rotatable bonds is 4. The van der Waals surface area contributed by atoms with E-state index in [0.29, 0.717) is 31.1 Å². The Bertz CT molecular complexity index is 588. The Morgan fingerprint density at radius 3 is 2.86 bits per heavy atom. The molecule has 3 heterocycles. The minimum atomic E-state index is -0.0345. The van der Waals surface area contributed by atoms with Crippen molar-refractivity contribution >= 4 is 17.2 Å². The maximum absolute atomic E-state index is 12.4. The third-order valence-corrected chi connectivity index (χ3v) is 4.39. The summed E-state index contributed by atoms with van der Waals surface area (Å²) in [6.45, 7) is 3.76. The highest BCUT2D eigenvalue weighted by atomic mass is 32.1. The SMILES string of the molecule is O=C(c1csc(-c2ccco2)n1)N1CCN(CCO)CC1. The monoisotopic (exact) mass is 307 g/mol. The van der Waals surface area contributed by atoms with Gasteiger partial charge in [0.1, 0.15) is 5.69 Å². The largest absolute Gasteiger partial charge is 0.462 e. The maximum Gasteiger partial charge on any atom is 0.273 e. The Balaban J connectivity index is 1.64. The first kappa shape index (κ1) is 14.2. The summed E-state index contributed by atoms with van der Waals surface area (Å²) in [5.74, 6) is 0.652. The molecular formula is C14H17N3O3S. The third-order valence-electron chi connectivity index (χ3n) is 3.53. The topological polar surface area (TPSA) is 69.8 Å². The zero-order valence-corrected chi connectivity index (χ0v) is 12.4. The van der Waals surface area contributed by atoms with Gasteiger partial charge in [0.2, 0.25) is 0 Å². The fourth-order valence-electron chi connectivity index (χ4n) is 2.36. The van der Waals surface area contributed by atoms with Crippen molar-refractivity contribution < 1.29 is 14.3 Å². The first-order valence-electron chi connectivity index (χ1n) is 6.90. The molecule has 2 aromatic rings. The van der Waals surface area contributed by atoms with E-state index in [1.807, 2.05) is 11.0 Å². The number of piperazine rings is 1. The van der Waals surface area contributed by atoms with Gasteiger partial charge in [-0.2, -0.15) is 0 Å². The molecule has 1 fully saturated rings. The molecule has 0 unspecified atom stereocenters. The first-order chi connectivity index (χ1) is 10.3. The second-order valence-electron chi connectivity index (χ2n) is 4.87. The van der Waals surface area contributed by atoms with E-state index in [2.05, 4.69) is 9.88 Å². The van der Waals surface area contributed by atoms with E-state index in [9.17, 15) is 4.79 Å². The lowest BCUT2D eigenvalue weighted by Gasteiger charge is -2.33. The van der Waals surface area contributed by atoms with Crippen molar-refractivity contribution in [3.63, 3.8) is 0 Å². The van der Waals surface area contributed by atoms with E-state index < -0.39 is 0 Å². The molecule has 2 aromatic heterocycles. The second kappa shape index (κ2) is 6.38. The summed E-state index contributed by atoms with van der Waals surface area (Å²) in [7, 11) is 0. The van der Waals surface area contributed by atoms with Crippen LogP contribution in [-0.4, -0.2) is 65.1 Å². The Kier molecular flexibility index (Phi) is 4.33. The van der Waals surface area contributed by atoms with Crippen LogP contribution in [0.5, 0.6) is 0 Å². The molecule has 112 valence electrons. The Hall–Kier alpha value is -1.70. The molecule has 0 aromatic carbocycles. The van der Waals surface area contributed by atoms with Crippen LogP contribution in [-0.2, 0) is 0 Å². The van der Waals surface area contributed by atoms with Gasteiger partial charge in [0.05, 0.1) is 12.9 Å². The van der Waals surface area contributed by atoms with E-state index in [1.54, 1.807) is 17.7 Å². The van der Waals surface area contributed by atoms with E-state index >= 15 is 0 Å². The van der Waals surface area contributed by atoms with Gasteiger partial charge in [-0.25, -0.2) is 4.98 Å². The van der Waals surface area contributed by atoms with Crippen LogP contribution in [0.4, 0.5) is 0 Å². The van der Waals surface area contributed by atoms with Gasteiger partial charge >= 0.3 is 0 Å². The van der Waals surface area contributed by atoms with Crippen LogP contribution in [0, 0.1) is 0 Å². The number of nitrogens with zero attached hydrogens (tertiary/aromatic N) is 3. The summed E-state index contributed by atoms with van der Waals surface area (Å²) in [4.78, 5) is 20.7. The smallest absolute Gasteiger partial charge is 0.273 e. The molecule has 0 radical (unpaired) electrons. The predicted octanol–water partition coefficient (Wildman–Crippen LogP) is 1.15. The number of β-amino-alcohol motifs (C(OH)–C–C–N with tert-alkyl or cyclic N) is 1. The molecule has 0 bridgehead atoms. The average molecular weight is 307 g/mol. The summed E-state index contributed by atoms with van der Waals surface area (Å²) in [6.07, 6.45) is 1.60. The van der Waals surface area contributed by atoms with Crippen LogP contribution in [0.25, 0.3) is 10.8 Å². The molecule has 0 spiro atoms. The lowest BCUT2D eigenvalue weighted by Crippen LogP contribution is -2.49. The number of carbonyl (C=O) groups excluding carboxylic acids is 1. The first-order valence-corrected chi connectivity index (χ1v) is 7.78. The minimum absolute atomic E-state index is 0.0345. The van der Waals surface area contributed by atoms with E-state index in [1.165, 1.54) is 11.3 Å². The molecule has 0 saturated carbocycles. The molecule has 1 aliphatic rings. The quantitative estimate of drug-likeness (QED) is 0.917. The van der Waals surface area contributed by atoms with Gasteiger partial charge in [-0.15, -0.1) is 11.3 Å². The highest BCUT2D eigenvalue weighted by Crippen LogP contribution is 2.24. The van der Waals surface area contributed by atoms with Crippen molar-refractivity contribution in [1.29, 1.82) is 0 Å². The van der Waals surface area contributed by atoms with Crippen molar-refractivity contribution in [3.05, 3.63) is 29.5 Å². The number of amides is 1. The number of aromatic nitrogens is 1. The summed E-state index contributed by atoms with van der Waals surface area (Å²) in [6, 6.07) is 3.64. The number of furan rings is 1. The standard InChI is InChI=1S/C14H17N3O3S/c18-8-7-16-3-5-17(6-4-16)14(19)11-10-21-13(15-11)12-2-1-9-20-12/h1-2,9-10,18H,3-8H2. The predicted molar refractivity (Wildman–Crippen MR) is 79.2 cm³/mol. The number of carbonyl (C=O) groups is 1. The zero-order chi connectivity index (χ0) is 14.7. The molecule has 0 atom stereocenters. The Morgan fingerprint density at radius 2 is 2.19 bits per heavy atom. The van der Waals surface area contributed by atoms with Gasteiger partial charge in [0.25, 0.3) is 5.91 Å². The highest BCUT2D eigenvalue weighted by molar-refractivity contribution is 7.13. The van der Waals surface area contributed by atoms with E-state index in [0.717, 1.165) is 18.1 Å². The number of thiazole rings is 1. The summed E-state index contributed by atoms with van der Waals surface area (Å²) < 4.78 is 5.29. The van der Waals surface area contributed by atoms with Crippen molar-refractivity contribution in [3.8, 4) is 10.8 Å². The molecule has 1 N–H and O–H groups in total. The number of hydrogen-bond acceptors (Lipinski definition) is 6. The van der Waals surface area contributed by atoms with E-state index in [-0.39, 0.29) is 12.5 Å². The van der Waals surface area contributed by atoms with Gasteiger partial charge in [0, 0.05) is 38.1 Å². The zero-order valence-electron chi connectivity index (χ0n) is 11.6. The number of aliphatic hydroxyl groups is 1. The normalized spacial score (nSPS) is 16.3. The molecule has 1 saturated heterocycles. The molecular weight excluding hydrogens is 290 g/mol. The molecule has 6 nitrogen and oxygen atoms in total. The average Bonchev–Trinajstić information content (AvgIpc) is 3.19. The number of hydrogen-bond donors (Lipinski definition) is 1. The van der Waals surface area contributed by atoms with Gasteiger partial charge in [0.15, 0.2) is 10.8 Å². The van der Waals surface area contributed by atoms with Crippen molar-refractivity contribution in [2.75, 3.05) is 39.3 Å². The second-order valence-corrected chi connectivity index (χ2v) is 5.73. The molecule has 1 aliphatic heterocycles. The van der Waals surface area contributed by atoms with Gasteiger partial charge < -0.3 is 14.4 Å². The van der Waals surface area contributed by atoms with E-state index in [4.69, 9.17) is 9.52 Å². The minimum Gasteiger partial charge on any atom is -0.462 e. The molecule has 0 aliphatic carbocycles. The Labute approximate surface area is 126 Å². The maximum atomic E-state index is 12.4. The molecule has 7 heteroatoms. The Morgan fingerprint density at radius 1 is 1.38 bits per heavy atom. The van der Waals surface area contributed by atoms with Crippen LogP contribution >= 0.6 is 11.3 Å². The van der Waals surface area contributed by atoms with Crippen LogP contribution in [0.3, 0.4) is 0 Å². The van der Waals surface area contributed by atoms with Crippen LogP contribution < -0.4 is 0 Å².